The second-order valence-electron chi connectivity index (χ2n) is 4.35. The summed E-state index contributed by atoms with van der Waals surface area (Å²) in [6.07, 6.45) is 2.12. The Kier molecular flexibility index (Phi) is 3.40. The highest BCUT2D eigenvalue weighted by atomic mass is 32.2. The average molecular weight is 255 g/mol. The molecule has 0 radical (unpaired) electrons. The summed E-state index contributed by atoms with van der Waals surface area (Å²) in [5.74, 6) is 1.08. The van der Waals surface area contributed by atoms with Gasteiger partial charge in [0.05, 0.1) is 13.4 Å². The Morgan fingerprint density at radius 3 is 2.65 bits per heavy atom. The molecule has 1 aromatic carbocycles. The summed E-state index contributed by atoms with van der Waals surface area (Å²) in [5, 5.41) is 0. The van der Waals surface area contributed by atoms with Crippen LogP contribution in [0.15, 0.2) is 24.3 Å². The van der Waals surface area contributed by atoms with E-state index in [1.54, 1.807) is 7.11 Å². The van der Waals surface area contributed by atoms with E-state index in [0.717, 1.165) is 17.7 Å². The van der Waals surface area contributed by atoms with E-state index < -0.39 is 10.0 Å². The van der Waals surface area contributed by atoms with Crippen LogP contribution in [0, 0.1) is 0 Å². The van der Waals surface area contributed by atoms with Crippen LogP contribution in [0.4, 0.5) is 0 Å². The molecule has 2 rings (SSSR count). The molecule has 1 atom stereocenters. The maximum atomic E-state index is 11.5. The van der Waals surface area contributed by atoms with Gasteiger partial charge in [-0.1, -0.05) is 18.2 Å². The highest BCUT2D eigenvalue weighted by Crippen LogP contribution is 2.33. The van der Waals surface area contributed by atoms with E-state index in [1.807, 2.05) is 24.3 Å². The van der Waals surface area contributed by atoms with Gasteiger partial charge in [0, 0.05) is 19.0 Å². The Morgan fingerprint density at radius 1 is 1.35 bits per heavy atom. The molecule has 17 heavy (non-hydrogen) atoms. The van der Waals surface area contributed by atoms with Gasteiger partial charge in [-0.05, 0) is 18.1 Å². The molecule has 1 aliphatic rings. The third-order valence-corrected chi connectivity index (χ3v) is 4.47. The van der Waals surface area contributed by atoms with Crippen molar-refractivity contribution in [1.82, 2.24) is 4.31 Å². The molecule has 0 N–H and O–H groups in total. The third kappa shape index (κ3) is 2.61. The van der Waals surface area contributed by atoms with Crippen molar-refractivity contribution in [3.63, 3.8) is 0 Å². The summed E-state index contributed by atoms with van der Waals surface area (Å²) in [4.78, 5) is 0. The Bertz CT molecular complexity index is 498. The van der Waals surface area contributed by atoms with Gasteiger partial charge in [-0.25, -0.2) is 12.7 Å². The summed E-state index contributed by atoms with van der Waals surface area (Å²) >= 11 is 0. The number of methoxy groups -OCH3 is 1. The van der Waals surface area contributed by atoms with Gasteiger partial charge in [-0.2, -0.15) is 0 Å². The molecule has 1 fully saturated rings. The molecule has 1 heterocycles. The number of nitrogens with zero attached hydrogens (tertiary/aromatic N) is 1. The fraction of sp³-hybridized carbons (Fsp3) is 0.500. The van der Waals surface area contributed by atoms with Crippen molar-refractivity contribution < 1.29 is 13.2 Å². The van der Waals surface area contributed by atoms with Gasteiger partial charge < -0.3 is 4.74 Å². The largest absolute Gasteiger partial charge is 0.496 e. The Balaban J connectivity index is 2.21. The van der Waals surface area contributed by atoms with Gasteiger partial charge in [0.2, 0.25) is 10.0 Å². The van der Waals surface area contributed by atoms with Crippen molar-refractivity contribution >= 4 is 10.0 Å². The number of para-hydroxylation sites is 1. The van der Waals surface area contributed by atoms with Gasteiger partial charge in [0.15, 0.2) is 0 Å². The second-order valence-corrected chi connectivity index (χ2v) is 6.33. The standard InChI is InChI=1S/C12H17NO3S/c1-16-12-6-4-3-5-11(12)10-7-8-13(9-10)17(2,14)15/h3-6,10H,7-9H2,1-2H3/t10-/m1/s1. The SMILES string of the molecule is COc1ccccc1[C@@H]1CCN(S(C)(=O)=O)C1. The first-order chi connectivity index (χ1) is 8.02. The predicted molar refractivity (Wildman–Crippen MR) is 66.8 cm³/mol. The van der Waals surface area contributed by atoms with Crippen molar-refractivity contribution in [2.45, 2.75) is 12.3 Å². The van der Waals surface area contributed by atoms with Crippen LogP contribution in [-0.4, -0.2) is 39.2 Å². The first-order valence-electron chi connectivity index (χ1n) is 5.60. The molecule has 0 saturated carbocycles. The molecular weight excluding hydrogens is 238 g/mol. The Morgan fingerprint density at radius 2 is 2.06 bits per heavy atom. The van der Waals surface area contributed by atoms with Crippen LogP contribution in [0.5, 0.6) is 5.75 Å². The molecule has 5 heteroatoms. The van der Waals surface area contributed by atoms with Crippen LogP contribution < -0.4 is 4.74 Å². The topological polar surface area (TPSA) is 46.6 Å². The molecule has 0 bridgehead atoms. The highest BCUT2D eigenvalue weighted by Gasteiger charge is 2.30. The van der Waals surface area contributed by atoms with Crippen molar-refractivity contribution in [3.8, 4) is 5.75 Å². The van der Waals surface area contributed by atoms with E-state index in [1.165, 1.54) is 10.6 Å². The zero-order chi connectivity index (χ0) is 12.5. The molecule has 0 unspecified atom stereocenters. The molecule has 0 aromatic heterocycles. The number of sulfonamides is 1. The summed E-state index contributed by atoms with van der Waals surface area (Å²) in [5.41, 5.74) is 1.10. The molecule has 0 amide bonds. The average Bonchev–Trinajstić information content (AvgIpc) is 2.77. The van der Waals surface area contributed by atoms with Crippen LogP contribution in [-0.2, 0) is 10.0 Å². The lowest BCUT2D eigenvalue weighted by atomic mass is 9.97. The molecule has 4 nitrogen and oxygen atoms in total. The van der Waals surface area contributed by atoms with Gasteiger partial charge in [-0.15, -0.1) is 0 Å². The van der Waals surface area contributed by atoms with Crippen LogP contribution in [0.1, 0.15) is 17.9 Å². The van der Waals surface area contributed by atoms with Crippen molar-refractivity contribution in [2.75, 3.05) is 26.5 Å². The minimum atomic E-state index is -3.07. The van der Waals surface area contributed by atoms with Crippen LogP contribution in [0.25, 0.3) is 0 Å². The first kappa shape index (κ1) is 12.4. The zero-order valence-electron chi connectivity index (χ0n) is 10.1. The van der Waals surface area contributed by atoms with Gasteiger partial charge in [0.1, 0.15) is 5.75 Å². The summed E-state index contributed by atoms with van der Waals surface area (Å²) in [7, 11) is -1.43. The second kappa shape index (κ2) is 4.66. The highest BCUT2D eigenvalue weighted by molar-refractivity contribution is 7.88. The fourth-order valence-corrected chi connectivity index (χ4v) is 3.17. The normalized spacial score (nSPS) is 21.6. The van der Waals surface area contributed by atoms with Crippen molar-refractivity contribution in [1.29, 1.82) is 0 Å². The Hall–Kier alpha value is -1.07. The van der Waals surface area contributed by atoms with Gasteiger partial charge in [0.25, 0.3) is 0 Å². The molecule has 1 aromatic rings. The predicted octanol–water partition coefficient (Wildman–Crippen LogP) is 1.44. The number of rotatable bonds is 3. The van der Waals surface area contributed by atoms with Crippen LogP contribution in [0.3, 0.4) is 0 Å². The summed E-state index contributed by atoms with van der Waals surface area (Å²) in [6.45, 7) is 1.15. The van der Waals surface area contributed by atoms with E-state index in [2.05, 4.69) is 0 Å². The Labute approximate surface area is 102 Å². The number of hydrogen-bond donors (Lipinski definition) is 0. The lowest BCUT2D eigenvalue weighted by Gasteiger charge is -2.15. The first-order valence-corrected chi connectivity index (χ1v) is 7.45. The van der Waals surface area contributed by atoms with Crippen LogP contribution in [0.2, 0.25) is 0 Å². The zero-order valence-corrected chi connectivity index (χ0v) is 10.9. The van der Waals surface area contributed by atoms with E-state index in [-0.39, 0.29) is 5.92 Å². The maximum Gasteiger partial charge on any atom is 0.211 e. The maximum absolute atomic E-state index is 11.5. The summed E-state index contributed by atoms with van der Waals surface area (Å²) < 4.78 is 29.8. The van der Waals surface area contributed by atoms with Gasteiger partial charge in [-0.3, -0.25) is 0 Å². The number of hydrogen-bond acceptors (Lipinski definition) is 3. The van der Waals surface area contributed by atoms with Crippen molar-refractivity contribution in [3.05, 3.63) is 29.8 Å². The quantitative estimate of drug-likeness (QED) is 0.821. The molecule has 1 saturated heterocycles. The molecule has 0 aliphatic carbocycles. The van der Waals surface area contributed by atoms with Crippen LogP contribution >= 0.6 is 0 Å². The van der Waals surface area contributed by atoms with Crippen molar-refractivity contribution in [2.24, 2.45) is 0 Å². The minimum Gasteiger partial charge on any atom is -0.496 e. The number of benzene rings is 1. The number of ether oxygens (including phenoxy) is 1. The van der Waals surface area contributed by atoms with Gasteiger partial charge >= 0.3 is 0 Å². The van der Waals surface area contributed by atoms with E-state index in [9.17, 15) is 8.42 Å². The molecular formula is C12H17NO3S. The molecule has 0 spiro atoms. The molecule has 94 valence electrons. The lowest BCUT2D eigenvalue weighted by Crippen LogP contribution is -2.27. The third-order valence-electron chi connectivity index (χ3n) is 3.20. The fourth-order valence-electron chi connectivity index (χ4n) is 2.29. The van der Waals surface area contributed by atoms with E-state index in [0.29, 0.717) is 13.1 Å². The monoisotopic (exact) mass is 255 g/mol. The van der Waals surface area contributed by atoms with E-state index in [4.69, 9.17) is 4.74 Å². The minimum absolute atomic E-state index is 0.237. The van der Waals surface area contributed by atoms with E-state index >= 15 is 0 Å². The lowest BCUT2D eigenvalue weighted by molar-refractivity contribution is 0.405. The summed E-state index contributed by atoms with van der Waals surface area (Å²) in [6, 6.07) is 7.81. The molecule has 1 aliphatic heterocycles. The smallest absolute Gasteiger partial charge is 0.211 e.